The first-order chi connectivity index (χ1) is 14.5. The summed E-state index contributed by atoms with van der Waals surface area (Å²) in [5.41, 5.74) is -2.43. The Labute approximate surface area is 195 Å². The molecule has 0 aliphatic heterocycles. The second-order valence-electron chi connectivity index (χ2n) is 8.72. The van der Waals surface area contributed by atoms with Crippen molar-refractivity contribution in [2.45, 2.75) is 69.8 Å². The lowest BCUT2D eigenvalue weighted by Gasteiger charge is -2.36. The van der Waals surface area contributed by atoms with E-state index in [0.717, 1.165) is 11.3 Å². The third-order valence-corrected chi connectivity index (χ3v) is 7.57. The van der Waals surface area contributed by atoms with Gasteiger partial charge in [0.1, 0.15) is 11.7 Å². The Bertz CT molecular complexity index is 899. The predicted octanol–water partition coefficient (Wildman–Crippen LogP) is 5.42. The van der Waals surface area contributed by atoms with Crippen LogP contribution in [0.2, 0.25) is 4.34 Å². The van der Waals surface area contributed by atoms with Crippen LogP contribution in [0.5, 0.6) is 0 Å². The number of hydrogen-bond acceptors (Lipinski definition) is 7. The van der Waals surface area contributed by atoms with Crippen molar-refractivity contribution >= 4 is 46.3 Å². The van der Waals surface area contributed by atoms with Crippen LogP contribution in [-0.2, 0) is 19.9 Å². The molecule has 1 aliphatic rings. The van der Waals surface area contributed by atoms with Crippen molar-refractivity contribution in [3.8, 4) is 0 Å². The highest BCUT2D eigenvalue weighted by Crippen LogP contribution is 2.40. The molecule has 1 fully saturated rings. The van der Waals surface area contributed by atoms with Gasteiger partial charge in [0, 0.05) is 13.1 Å². The van der Waals surface area contributed by atoms with Crippen LogP contribution < -0.4 is 0 Å². The number of thiophene rings is 2. The molecule has 2 aromatic rings. The van der Waals surface area contributed by atoms with E-state index in [1.165, 1.54) is 11.3 Å². The van der Waals surface area contributed by atoms with E-state index in [4.69, 9.17) is 21.1 Å². The van der Waals surface area contributed by atoms with Gasteiger partial charge in [-0.05, 0) is 70.0 Å². The molecule has 1 N–H and O–H groups in total. The first kappa shape index (κ1) is 24.0. The maximum absolute atomic E-state index is 13.1. The van der Waals surface area contributed by atoms with Crippen molar-refractivity contribution in [2.24, 2.45) is 0 Å². The molecular formula is C22H28ClNO5S2. The molecule has 1 atom stereocenters. The maximum atomic E-state index is 13.1. The lowest BCUT2D eigenvalue weighted by Crippen LogP contribution is -2.44. The maximum Gasteiger partial charge on any atom is 0.410 e. The summed E-state index contributed by atoms with van der Waals surface area (Å²) in [4.78, 5) is 28.0. The van der Waals surface area contributed by atoms with E-state index in [9.17, 15) is 14.7 Å². The Kier molecular flexibility index (Phi) is 7.35. The van der Waals surface area contributed by atoms with E-state index in [1.807, 2.05) is 20.8 Å². The monoisotopic (exact) mass is 485 g/mol. The normalized spacial score (nSPS) is 21.2. The van der Waals surface area contributed by atoms with Crippen molar-refractivity contribution < 1.29 is 24.2 Å². The zero-order valence-corrected chi connectivity index (χ0v) is 20.5. The molecule has 1 amide bonds. The molecule has 1 saturated carbocycles. The number of hydrogen-bond donors (Lipinski definition) is 1. The molecule has 0 aromatic carbocycles. The zero-order chi connectivity index (χ0) is 22.8. The first-order valence-electron chi connectivity index (χ1n) is 10.2. The number of amides is 1. The van der Waals surface area contributed by atoms with E-state index < -0.39 is 17.2 Å². The van der Waals surface area contributed by atoms with Gasteiger partial charge < -0.3 is 19.5 Å². The lowest BCUT2D eigenvalue weighted by atomic mass is 9.91. The number of carbonyl (C=O) groups excluding carboxylic acids is 2. The molecule has 9 heteroatoms. The Hall–Kier alpha value is -1.61. The number of rotatable bonds is 5. The molecule has 0 bridgehead atoms. The summed E-state index contributed by atoms with van der Waals surface area (Å²) in [6, 6.07) is 6.83. The van der Waals surface area contributed by atoms with E-state index >= 15 is 0 Å². The van der Waals surface area contributed by atoms with Crippen LogP contribution in [-0.4, -0.2) is 46.9 Å². The van der Waals surface area contributed by atoms with Crippen LogP contribution in [0.1, 0.15) is 56.2 Å². The average molecular weight is 486 g/mol. The minimum atomic E-state index is -1.88. The third kappa shape index (κ3) is 5.61. The van der Waals surface area contributed by atoms with Gasteiger partial charge in [-0.1, -0.05) is 17.7 Å². The summed E-state index contributed by atoms with van der Waals surface area (Å²) < 4.78 is 11.7. The fourth-order valence-corrected chi connectivity index (χ4v) is 5.61. The quantitative estimate of drug-likeness (QED) is 0.572. The highest BCUT2D eigenvalue weighted by atomic mass is 35.5. The second-order valence-corrected chi connectivity index (χ2v) is 11.4. The lowest BCUT2D eigenvalue weighted by molar-refractivity contribution is -0.169. The van der Waals surface area contributed by atoms with Crippen LogP contribution >= 0.6 is 34.3 Å². The molecule has 31 heavy (non-hydrogen) atoms. The van der Waals surface area contributed by atoms with Crippen molar-refractivity contribution in [1.29, 1.82) is 0 Å². The fourth-order valence-electron chi connectivity index (χ4n) is 3.59. The predicted molar refractivity (Wildman–Crippen MR) is 123 cm³/mol. The smallest absolute Gasteiger partial charge is 0.410 e. The second kappa shape index (κ2) is 9.48. The molecule has 6 nitrogen and oxygen atoms in total. The highest BCUT2D eigenvalue weighted by Gasteiger charge is 2.45. The molecule has 3 rings (SSSR count). The molecule has 1 aliphatic carbocycles. The minimum absolute atomic E-state index is 0.0251. The number of esters is 1. The van der Waals surface area contributed by atoms with Crippen LogP contribution in [0.4, 0.5) is 4.79 Å². The summed E-state index contributed by atoms with van der Waals surface area (Å²) >= 11 is 8.50. The van der Waals surface area contributed by atoms with Gasteiger partial charge in [-0.3, -0.25) is 0 Å². The van der Waals surface area contributed by atoms with Gasteiger partial charge in [-0.2, -0.15) is 0 Å². The number of carbonyl (C=O) groups is 2. The molecule has 170 valence electrons. The van der Waals surface area contributed by atoms with Gasteiger partial charge >= 0.3 is 12.1 Å². The molecule has 0 saturated heterocycles. The van der Waals surface area contributed by atoms with Gasteiger partial charge in [0.05, 0.1) is 14.1 Å². The Morgan fingerprint density at radius 1 is 1.13 bits per heavy atom. The number of nitrogens with zero attached hydrogens (tertiary/aromatic N) is 1. The summed E-state index contributed by atoms with van der Waals surface area (Å²) in [5.74, 6) is -0.697. The van der Waals surface area contributed by atoms with Crippen molar-refractivity contribution in [3.63, 3.8) is 0 Å². The molecule has 2 heterocycles. The van der Waals surface area contributed by atoms with Gasteiger partial charge in [0.25, 0.3) is 0 Å². The SMILES string of the molecule is CN(C(=O)OC(C)(C)C)[C@H]1CC[C@H](OC(=O)C(O)(c2cccs2)c2ccc(Cl)s2)CC1. The van der Waals surface area contributed by atoms with Crippen molar-refractivity contribution in [1.82, 2.24) is 4.90 Å². The van der Waals surface area contributed by atoms with Crippen LogP contribution in [0.3, 0.4) is 0 Å². The van der Waals surface area contributed by atoms with Gasteiger partial charge in [-0.15, -0.1) is 22.7 Å². The zero-order valence-electron chi connectivity index (χ0n) is 18.1. The number of aliphatic hydroxyl groups is 1. The first-order valence-corrected chi connectivity index (χ1v) is 12.3. The number of ether oxygens (including phenoxy) is 2. The van der Waals surface area contributed by atoms with Gasteiger partial charge in [0.15, 0.2) is 0 Å². The molecule has 1 unspecified atom stereocenters. The van der Waals surface area contributed by atoms with E-state index in [0.29, 0.717) is 39.8 Å². The fraction of sp³-hybridized carbons (Fsp3) is 0.545. The average Bonchev–Trinajstić information content (AvgIpc) is 3.38. The minimum Gasteiger partial charge on any atom is -0.460 e. The Balaban J connectivity index is 1.64. The van der Waals surface area contributed by atoms with Crippen LogP contribution in [0.25, 0.3) is 0 Å². The van der Waals surface area contributed by atoms with Crippen LogP contribution in [0.15, 0.2) is 29.6 Å². The topological polar surface area (TPSA) is 76.1 Å². The highest BCUT2D eigenvalue weighted by molar-refractivity contribution is 7.16. The largest absolute Gasteiger partial charge is 0.460 e. The van der Waals surface area contributed by atoms with Crippen molar-refractivity contribution in [2.75, 3.05) is 7.05 Å². The van der Waals surface area contributed by atoms with E-state index in [-0.39, 0.29) is 18.2 Å². The van der Waals surface area contributed by atoms with Gasteiger partial charge in [0.2, 0.25) is 5.60 Å². The van der Waals surface area contributed by atoms with E-state index in [2.05, 4.69) is 0 Å². The van der Waals surface area contributed by atoms with Gasteiger partial charge in [-0.25, -0.2) is 9.59 Å². The van der Waals surface area contributed by atoms with Crippen LogP contribution in [0, 0.1) is 0 Å². The number of halogens is 1. The summed E-state index contributed by atoms with van der Waals surface area (Å²) in [7, 11) is 1.74. The summed E-state index contributed by atoms with van der Waals surface area (Å²) in [6.45, 7) is 5.51. The summed E-state index contributed by atoms with van der Waals surface area (Å²) in [6.07, 6.45) is 1.92. The van der Waals surface area contributed by atoms with E-state index in [1.54, 1.807) is 41.6 Å². The Morgan fingerprint density at radius 2 is 1.81 bits per heavy atom. The van der Waals surface area contributed by atoms with Crippen molar-refractivity contribution in [3.05, 3.63) is 43.7 Å². The Morgan fingerprint density at radius 3 is 2.32 bits per heavy atom. The molecule has 2 aromatic heterocycles. The molecular weight excluding hydrogens is 458 g/mol. The molecule has 0 spiro atoms. The third-order valence-electron chi connectivity index (χ3n) is 5.25. The standard InChI is InChI=1S/C22H28ClNO5S2/c1-21(2,3)29-20(26)24(4)14-7-9-15(10-8-14)28-19(25)22(27,16-6-5-13-30-16)17-11-12-18(23)31-17/h5-6,11-15,27H,7-10H2,1-4H3/t14-,15-,22?. The summed E-state index contributed by atoms with van der Waals surface area (Å²) in [5, 5.41) is 13.2. The molecule has 0 radical (unpaired) electrons.